The molecule has 3 atom stereocenters. The van der Waals surface area contributed by atoms with E-state index >= 15 is 0 Å². The number of rotatable bonds is 3. The molecule has 1 saturated carbocycles. The van der Waals surface area contributed by atoms with Gasteiger partial charge in [0.15, 0.2) is 0 Å². The zero-order valence-electron chi connectivity index (χ0n) is 11.4. The van der Waals surface area contributed by atoms with E-state index in [1.165, 1.54) is 6.42 Å². The van der Waals surface area contributed by atoms with Crippen molar-refractivity contribution in [1.29, 1.82) is 0 Å². The van der Waals surface area contributed by atoms with E-state index in [4.69, 9.17) is 10.5 Å². The van der Waals surface area contributed by atoms with Crippen molar-refractivity contribution in [3.05, 3.63) is 0 Å². The molecule has 1 aliphatic heterocycles. The van der Waals surface area contributed by atoms with Crippen LogP contribution in [-0.2, 0) is 9.53 Å². The van der Waals surface area contributed by atoms with Crippen LogP contribution in [0.25, 0.3) is 0 Å². The van der Waals surface area contributed by atoms with Crippen molar-refractivity contribution in [3.8, 4) is 0 Å². The zero-order chi connectivity index (χ0) is 13.0. The molecule has 18 heavy (non-hydrogen) atoms. The molecule has 1 aliphatic carbocycles. The molecule has 104 valence electrons. The van der Waals surface area contributed by atoms with Crippen molar-refractivity contribution < 1.29 is 9.53 Å². The topological polar surface area (TPSA) is 64.3 Å². The monoisotopic (exact) mass is 254 g/mol. The summed E-state index contributed by atoms with van der Waals surface area (Å²) in [7, 11) is 0. The largest absolute Gasteiger partial charge is 0.361 e. The molecular formula is C14H26N2O2. The molecular weight excluding hydrogens is 228 g/mol. The molecule has 1 heterocycles. The Hall–Kier alpha value is -0.610. The van der Waals surface area contributed by atoms with Crippen LogP contribution >= 0.6 is 0 Å². The number of carbonyl (C=O) groups is 1. The van der Waals surface area contributed by atoms with Crippen LogP contribution in [-0.4, -0.2) is 30.7 Å². The second-order valence-electron chi connectivity index (χ2n) is 5.98. The van der Waals surface area contributed by atoms with E-state index < -0.39 is 0 Å². The lowest BCUT2D eigenvalue weighted by molar-refractivity contribution is -0.154. The van der Waals surface area contributed by atoms with Gasteiger partial charge < -0.3 is 15.8 Å². The molecule has 2 fully saturated rings. The SMILES string of the molecule is CC1CCCC(CN)(OC2CCCCNC2=O)C1. The molecule has 0 radical (unpaired) electrons. The maximum atomic E-state index is 12.0. The Balaban J connectivity index is 2.01. The van der Waals surface area contributed by atoms with Crippen LogP contribution in [0.3, 0.4) is 0 Å². The van der Waals surface area contributed by atoms with Crippen LogP contribution in [0.5, 0.6) is 0 Å². The van der Waals surface area contributed by atoms with Gasteiger partial charge in [-0.2, -0.15) is 0 Å². The van der Waals surface area contributed by atoms with Crippen LogP contribution in [0.15, 0.2) is 0 Å². The van der Waals surface area contributed by atoms with Crippen molar-refractivity contribution >= 4 is 5.91 Å². The molecule has 0 bridgehead atoms. The summed E-state index contributed by atoms with van der Waals surface area (Å²) >= 11 is 0. The molecule has 1 amide bonds. The first-order valence-corrected chi connectivity index (χ1v) is 7.31. The second-order valence-corrected chi connectivity index (χ2v) is 5.98. The lowest BCUT2D eigenvalue weighted by Crippen LogP contribution is -2.49. The van der Waals surface area contributed by atoms with Crippen molar-refractivity contribution in [2.45, 2.75) is 63.6 Å². The summed E-state index contributed by atoms with van der Waals surface area (Å²) < 4.78 is 6.19. The molecule has 3 unspecified atom stereocenters. The van der Waals surface area contributed by atoms with Gasteiger partial charge in [-0.05, 0) is 38.0 Å². The number of hydrogen-bond donors (Lipinski definition) is 2. The van der Waals surface area contributed by atoms with Gasteiger partial charge in [-0.1, -0.05) is 19.8 Å². The molecule has 0 aromatic heterocycles. The normalized spacial score (nSPS) is 38.0. The quantitative estimate of drug-likeness (QED) is 0.803. The molecule has 0 spiro atoms. The average molecular weight is 254 g/mol. The summed E-state index contributed by atoms with van der Waals surface area (Å²) in [5, 5.41) is 2.93. The molecule has 2 rings (SSSR count). The minimum atomic E-state index is -0.290. The Morgan fingerprint density at radius 2 is 2.22 bits per heavy atom. The van der Waals surface area contributed by atoms with E-state index in [1.807, 2.05) is 0 Å². The highest BCUT2D eigenvalue weighted by Crippen LogP contribution is 2.36. The third-order valence-corrected chi connectivity index (χ3v) is 4.30. The molecule has 1 saturated heterocycles. The fourth-order valence-electron chi connectivity index (χ4n) is 3.28. The third kappa shape index (κ3) is 3.23. The number of carbonyl (C=O) groups excluding carboxylic acids is 1. The number of amides is 1. The smallest absolute Gasteiger partial charge is 0.249 e. The fraction of sp³-hybridized carbons (Fsp3) is 0.929. The van der Waals surface area contributed by atoms with Gasteiger partial charge in [-0.3, -0.25) is 4.79 Å². The van der Waals surface area contributed by atoms with Crippen LogP contribution in [0.1, 0.15) is 51.9 Å². The summed E-state index contributed by atoms with van der Waals surface area (Å²) in [5.74, 6) is 0.703. The lowest BCUT2D eigenvalue weighted by atomic mass is 9.78. The summed E-state index contributed by atoms with van der Waals surface area (Å²) in [5.41, 5.74) is 5.69. The Labute approximate surface area is 110 Å². The molecule has 3 N–H and O–H groups in total. The number of nitrogens with two attached hydrogens (primary N) is 1. The molecule has 0 aromatic carbocycles. The average Bonchev–Trinajstić information content (AvgIpc) is 2.55. The van der Waals surface area contributed by atoms with Gasteiger partial charge in [-0.25, -0.2) is 0 Å². The van der Waals surface area contributed by atoms with Crippen molar-refractivity contribution in [1.82, 2.24) is 5.32 Å². The molecule has 4 heteroatoms. The van der Waals surface area contributed by atoms with E-state index in [2.05, 4.69) is 12.2 Å². The minimum absolute atomic E-state index is 0.0542. The van der Waals surface area contributed by atoms with Crippen LogP contribution in [0.4, 0.5) is 0 Å². The highest BCUT2D eigenvalue weighted by molar-refractivity contribution is 5.81. The number of nitrogens with one attached hydrogen (secondary N) is 1. The van der Waals surface area contributed by atoms with Gasteiger partial charge in [0.1, 0.15) is 6.10 Å². The van der Waals surface area contributed by atoms with Gasteiger partial charge in [0, 0.05) is 13.1 Å². The number of ether oxygens (including phenoxy) is 1. The van der Waals surface area contributed by atoms with E-state index in [0.717, 1.165) is 45.1 Å². The standard InChI is InChI=1S/C14H26N2O2/c1-11-5-4-7-14(9-11,10-15)18-12-6-2-3-8-16-13(12)17/h11-12H,2-10,15H2,1H3,(H,16,17). The highest BCUT2D eigenvalue weighted by atomic mass is 16.5. The zero-order valence-corrected chi connectivity index (χ0v) is 11.4. The van der Waals surface area contributed by atoms with Crippen LogP contribution in [0.2, 0.25) is 0 Å². The van der Waals surface area contributed by atoms with Crippen molar-refractivity contribution in [2.75, 3.05) is 13.1 Å². The predicted molar refractivity (Wildman–Crippen MR) is 71.2 cm³/mol. The molecule has 0 aromatic rings. The van der Waals surface area contributed by atoms with E-state index in [1.54, 1.807) is 0 Å². The van der Waals surface area contributed by atoms with Gasteiger partial charge >= 0.3 is 0 Å². The maximum Gasteiger partial charge on any atom is 0.249 e. The minimum Gasteiger partial charge on any atom is -0.361 e. The molecule has 2 aliphatic rings. The number of hydrogen-bond acceptors (Lipinski definition) is 3. The van der Waals surface area contributed by atoms with E-state index in [9.17, 15) is 4.79 Å². The summed E-state index contributed by atoms with van der Waals surface area (Å²) in [6.07, 6.45) is 7.06. The first-order chi connectivity index (χ1) is 8.65. The Morgan fingerprint density at radius 1 is 1.39 bits per heavy atom. The van der Waals surface area contributed by atoms with Gasteiger partial charge in [-0.15, -0.1) is 0 Å². The first-order valence-electron chi connectivity index (χ1n) is 7.31. The second kappa shape index (κ2) is 6.02. The maximum absolute atomic E-state index is 12.0. The molecule has 4 nitrogen and oxygen atoms in total. The van der Waals surface area contributed by atoms with Gasteiger partial charge in [0.2, 0.25) is 5.91 Å². The first kappa shape index (κ1) is 13.8. The van der Waals surface area contributed by atoms with Crippen LogP contribution in [0, 0.1) is 5.92 Å². The Kier molecular flexibility index (Phi) is 4.62. The van der Waals surface area contributed by atoms with Gasteiger partial charge in [0.25, 0.3) is 0 Å². The lowest BCUT2D eigenvalue weighted by Gasteiger charge is -2.41. The fourth-order valence-corrected chi connectivity index (χ4v) is 3.28. The van der Waals surface area contributed by atoms with Gasteiger partial charge in [0.05, 0.1) is 5.60 Å². The van der Waals surface area contributed by atoms with Crippen molar-refractivity contribution in [2.24, 2.45) is 11.7 Å². The van der Waals surface area contributed by atoms with Crippen molar-refractivity contribution in [3.63, 3.8) is 0 Å². The predicted octanol–water partition coefficient (Wildman–Crippen LogP) is 1.58. The summed E-state index contributed by atoms with van der Waals surface area (Å²) in [6.45, 7) is 3.56. The van der Waals surface area contributed by atoms with Crippen LogP contribution < -0.4 is 11.1 Å². The van der Waals surface area contributed by atoms with E-state index in [-0.39, 0.29) is 17.6 Å². The Bertz CT molecular complexity index is 296. The highest BCUT2D eigenvalue weighted by Gasteiger charge is 2.38. The Morgan fingerprint density at radius 3 is 2.94 bits per heavy atom. The summed E-state index contributed by atoms with van der Waals surface area (Å²) in [6, 6.07) is 0. The van der Waals surface area contributed by atoms with E-state index in [0.29, 0.717) is 12.5 Å². The third-order valence-electron chi connectivity index (χ3n) is 4.30. The summed E-state index contributed by atoms with van der Waals surface area (Å²) in [4.78, 5) is 12.0.